The van der Waals surface area contributed by atoms with Crippen LogP contribution < -0.4 is 0 Å². The third-order valence-electron chi connectivity index (χ3n) is 3.24. The van der Waals surface area contributed by atoms with Crippen molar-refractivity contribution < 1.29 is 13.7 Å². The zero-order valence-electron chi connectivity index (χ0n) is 13.4. The van der Waals surface area contributed by atoms with Crippen LogP contribution in [0.1, 0.15) is 11.1 Å². The molecular weight excluding hydrogens is 310 g/mol. The number of hydrogen-bond donors (Lipinski definition) is 0. The summed E-state index contributed by atoms with van der Waals surface area (Å²) in [6, 6.07) is 14.7. The molecule has 5 heteroatoms. The van der Waals surface area contributed by atoms with Gasteiger partial charge in [0.15, 0.2) is 0 Å². The van der Waals surface area contributed by atoms with Crippen molar-refractivity contribution in [1.29, 1.82) is 0 Å². The predicted molar refractivity (Wildman–Crippen MR) is 93.1 cm³/mol. The van der Waals surface area contributed by atoms with Crippen LogP contribution in [0.3, 0.4) is 0 Å². The minimum atomic E-state index is -2.57. The molecule has 2 aromatic carbocycles. The second-order valence-corrected chi connectivity index (χ2v) is 7.38. The molecule has 4 nitrogen and oxygen atoms in total. The van der Waals surface area contributed by atoms with Crippen LogP contribution in [-0.4, -0.2) is 23.5 Å². The number of aryl methyl sites for hydroxylation is 1. The van der Waals surface area contributed by atoms with Crippen LogP contribution >= 0.6 is 0 Å². The maximum absolute atomic E-state index is 12.9. The quantitative estimate of drug-likeness (QED) is 0.630. The monoisotopic (exact) mass is 329 g/mol. The fourth-order valence-corrected chi connectivity index (χ4v) is 3.31. The Morgan fingerprint density at radius 1 is 1.17 bits per heavy atom. The first kappa shape index (κ1) is 17.0. The molecule has 2 rings (SSSR count). The summed E-state index contributed by atoms with van der Waals surface area (Å²) in [5.41, 5.74) is 2.30. The van der Waals surface area contributed by atoms with Crippen LogP contribution in [0, 0.1) is 6.92 Å². The van der Waals surface area contributed by atoms with Crippen molar-refractivity contribution in [1.82, 2.24) is 0 Å². The van der Waals surface area contributed by atoms with E-state index in [4.69, 9.17) is 0 Å². The highest BCUT2D eigenvalue weighted by Crippen LogP contribution is 2.26. The van der Waals surface area contributed by atoms with E-state index in [1.807, 2.05) is 43.3 Å². The van der Waals surface area contributed by atoms with E-state index in [0.717, 1.165) is 5.56 Å². The van der Waals surface area contributed by atoms with Gasteiger partial charge >= 0.3 is 5.97 Å². The van der Waals surface area contributed by atoms with Gasteiger partial charge in [-0.15, -0.1) is 0 Å². The summed E-state index contributed by atoms with van der Waals surface area (Å²) in [4.78, 5) is 11.9. The number of nitrogens with zero attached hydrogens (tertiary/aromatic N) is 1. The van der Waals surface area contributed by atoms with Crippen molar-refractivity contribution in [3.63, 3.8) is 0 Å². The zero-order chi connectivity index (χ0) is 16.9. The fourth-order valence-electron chi connectivity index (χ4n) is 2.01. The van der Waals surface area contributed by atoms with Crippen LogP contribution in [0.2, 0.25) is 0 Å². The summed E-state index contributed by atoms with van der Waals surface area (Å²) in [5, 5.41) is 0. The Hall–Kier alpha value is -2.40. The van der Waals surface area contributed by atoms with Gasteiger partial charge in [-0.05, 0) is 36.8 Å². The lowest BCUT2D eigenvalue weighted by Crippen LogP contribution is -1.97. The third-order valence-corrected chi connectivity index (χ3v) is 4.93. The van der Waals surface area contributed by atoms with E-state index in [1.54, 1.807) is 24.5 Å². The summed E-state index contributed by atoms with van der Waals surface area (Å²) in [5.74, 6) is -0.447. The minimum Gasteiger partial charge on any atom is -0.466 e. The molecule has 1 unspecified atom stereocenters. The van der Waals surface area contributed by atoms with Crippen LogP contribution in [0.4, 0.5) is 5.69 Å². The molecule has 0 aromatic heterocycles. The first-order chi connectivity index (χ1) is 10.9. The van der Waals surface area contributed by atoms with Crippen LogP contribution in [0.25, 0.3) is 6.08 Å². The molecule has 0 bridgehead atoms. The fraction of sp³-hybridized carbons (Fsp3) is 0.167. The molecule has 0 aliphatic heterocycles. The zero-order valence-corrected chi connectivity index (χ0v) is 14.2. The minimum absolute atomic E-state index is 0.447. The maximum atomic E-state index is 12.9. The Morgan fingerprint density at radius 2 is 1.87 bits per heavy atom. The van der Waals surface area contributed by atoms with E-state index in [2.05, 4.69) is 9.10 Å². The van der Waals surface area contributed by atoms with Gasteiger partial charge in [-0.25, -0.2) is 9.00 Å². The molecule has 0 spiro atoms. The van der Waals surface area contributed by atoms with Gasteiger partial charge in [0.25, 0.3) is 0 Å². The largest absolute Gasteiger partial charge is 0.466 e. The molecule has 120 valence electrons. The van der Waals surface area contributed by atoms with Crippen LogP contribution in [-0.2, 0) is 19.3 Å². The summed E-state index contributed by atoms with van der Waals surface area (Å²) >= 11 is 0. The lowest BCUT2D eigenvalue weighted by atomic mass is 10.1. The number of carbonyl (C=O) groups is 1. The topological polar surface area (TPSA) is 55.7 Å². The van der Waals surface area contributed by atoms with Gasteiger partial charge in [-0.3, -0.25) is 0 Å². The standard InChI is InChI=1S/C18H19NO3S/c1-14-9-10-15(11-12-18(20)22-2)17(13-14)19-23(3,21)16-7-5-4-6-8-16/h4-13H,1-3H3/b12-11+. The maximum Gasteiger partial charge on any atom is 0.330 e. The summed E-state index contributed by atoms with van der Waals surface area (Å²) in [7, 11) is -1.25. The molecule has 1 atom stereocenters. The number of benzene rings is 2. The molecule has 2 aromatic rings. The SMILES string of the molecule is COC(=O)/C=C/c1ccc(C)cc1N=S(C)(=O)c1ccccc1. The Bertz CT molecular complexity index is 848. The van der Waals surface area contributed by atoms with Crippen LogP contribution in [0.15, 0.2) is 63.9 Å². The smallest absolute Gasteiger partial charge is 0.330 e. The number of rotatable bonds is 4. The van der Waals surface area contributed by atoms with Crippen LogP contribution in [0.5, 0.6) is 0 Å². The second-order valence-electron chi connectivity index (χ2n) is 5.13. The van der Waals surface area contributed by atoms with E-state index in [-0.39, 0.29) is 0 Å². The average Bonchev–Trinajstić information content (AvgIpc) is 2.54. The van der Waals surface area contributed by atoms with Gasteiger partial charge < -0.3 is 4.74 Å². The number of ether oxygens (including phenoxy) is 1. The van der Waals surface area contributed by atoms with E-state index in [9.17, 15) is 9.00 Å². The van der Waals surface area contributed by atoms with Crippen molar-refractivity contribution in [3.05, 3.63) is 65.7 Å². The molecule has 0 radical (unpaired) electrons. The summed E-state index contributed by atoms with van der Waals surface area (Å²) in [6.45, 7) is 1.94. The second kappa shape index (κ2) is 7.24. The molecule has 0 saturated carbocycles. The molecule has 0 amide bonds. The van der Waals surface area contributed by atoms with Gasteiger partial charge in [0.05, 0.1) is 22.5 Å². The Kier molecular flexibility index (Phi) is 5.34. The molecule has 0 aliphatic rings. The summed E-state index contributed by atoms with van der Waals surface area (Å²) in [6.07, 6.45) is 4.55. The Labute approximate surface area is 137 Å². The van der Waals surface area contributed by atoms with Gasteiger partial charge in [0.1, 0.15) is 0 Å². The van der Waals surface area contributed by atoms with Gasteiger partial charge in [-0.2, -0.15) is 4.36 Å². The van der Waals surface area contributed by atoms with Crippen molar-refractivity contribution in [2.45, 2.75) is 11.8 Å². The molecule has 0 aliphatic carbocycles. The van der Waals surface area contributed by atoms with Gasteiger partial charge in [0.2, 0.25) is 0 Å². The highest BCUT2D eigenvalue weighted by molar-refractivity contribution is 7.93. The number of esters is 1. The van der Waals surface area contributed by atoms with Gasteiger partial charge in [-0.1, -0.05) is 30.3 Å². The molecular formula is C18H19NO3S. The highest BCUT2D eigenvalue weighted by Gasteiger charge is 2.08. The average molecular weight is 329 g/mol. The normalized spacial score (nSPS) is 13.5. The molecule has 0 heterocycles. The van der Waals surface area contributed by atoms with Crippen molar-refractivity contribution in [3.8, 4) is 0 Å². The Morgan fingerprint density at radius 3 is 2.52 bits per heavy atom. The lowest BCUT2D eigenvalue weighted by molar-refractivity contribution is -0.134. The molecule has 23 heavy (non-hydrogen) atoms. The van der Waals surface area contributed by atoms with E-state index in [1.165, 1.54) is 13.2 Å². The third kappa shape index (κ3) is 4.53. The first-order valence-electron chi connectivity index (χ1n) is 7.06. The van der Waals surface area contributed by atoms with Crippen molar-refractivity contribution in [2.24, 2.45) is 4.36 Å². The number of carbonyl (C=O) groups excluding carboxylic acids is 1. The first-order valence-corrected chi connectivity index (χ1v) is 8.98. The molecule has 0 saturated heterocycles. The molecule has 0 fully saturated rings. The number of methoxy groups -OCH3 is 1. The number of hydrogen-bond acceptors (Lipinski definition) is 4. The molecule has 0 N–H and O–H groups in total. The van der Waals surface area contributed by atoms with E-state index >= 15 is 0 Å². The highest BCUT2D eigenvalue weighted by atomic mass is 32.2. The lowest BCUT2D eigenvalue weighted by Gasteiger charge is -2.07. The van der Waals surface area contributed by atoms with Gasteiger partial charge in [0, 0.05) is 22.8 Å². The van der Waals surface area contributed by atoms with E-state index in [0.29, 0.717) is 16.1 Å². The van der Waals surface area contributed by atoms with Crippen molar-refractivity contribution in [2.75, 3.05) is 13.4 Å². The summed E-state index contributed by atoms with van der Waals surface area (Å²) < 4.78 is 22.0. The van der Waals surface area contributed by atoms with E-state index < -0.39 is 15.7 Å². The van der Waals surface area contributed by atoms with Crippen molar-refractivity contribution >= 4 is 27.5 Å². The predicted octanol–water partition coefficient (Wildman–Crippen LogP) is 3.97. The Balaban J connectivity index is 2.52.